The van der Waals surface area contributed by atoms with E-state index in [1.54, 1.807) is 6.92 Å². The van der Waals surface area contributed by atoms with E-state index in [4.69, 9.17) is 0 Å². The number of hydrogen-bond donors (Lipinski definition) is 2. The van der Waals surface area contributed by atoms with Crippen molar-refractivity contribution in [2.75, 3.05) is 20.6 Å². The summed E-state index contributed by atoms with van der Waals surface area (Å²) in [7, 11) is 4.00. The first kappa shape index (κ1) is 15.2. The van der Waals surface area contributed by atoms with Gasteiger partial charge in [0.1, 0.15) is 0 Å². The van der Waals surface area contributed by atoms with Crippen LogP contribution in [0.25, 0.3) is 0 Å². The minimum absolute atomic E-state index is 0.113. The fraction of sp³-hybridized carbons (Fsp3) is 0.400. The Morgan fingerprint density at radius 2 is 1.90 bits per heavy atom. The molecule has 112 valence electrons. The number of carbonyl (C=O) groups is 1. The van der Waals surface area contributed by atoms with E-state index < -0.39 is 0 Å². The lowest BCUT2D eigenvalue weighted by Crippen LogP contribution is -2.35. The van der Waals surface area contributed by atoms with Gasteiger partial charge in [-0.05, 0) is 33.5 Å². The van der Waals surface area contributed by atoms with Crippen molar-refractivity contribution in [3.63, 3.8) is 0 Å². The summed E-state index contributed by atoms with van der Waals surface area (Å²) >= 11 is 0. The Hall–Kier alpha value is -2.21. The molecule has 2 N–H and O–H groups in total. The molecule has 2 aromatic rings. The summed E-state index contributed by atoms with van der Waals surface area (Å²) in [5.74, 6) is -0.208. The van der Waals surface area contributed by atoms with Crippen LogP contribution in [-0.4, -0.2) is 46.9 Å². The van der Waals surface area contributed by atoms with Crippen molar-refractivity contribution in [1.29, 1.82) is 0 Å². The van der Waals surface area contributed by atoms with Crippen molar-refractivity contribution in [2.24, 2.45) is 0 Å². The molecule has 0 saturated heterocycles. The van der Waals surface area contributed by atoms with Crippen LogP contribution in [0.2, 0.25) is 0 Å². The molecule has 1 atom stereocenters. The predicted octanol–water partition coefficient (Wildman–Crippen LogP) is 1.45. The maximum Gasteiger partial charge on any atom is 0.273 e. The Morgan fingerprint density at radius 1 is 1.24 bits per heavy atom. The number of nitrogens with zero attached hydrogens (tertiary/aromatic N) is 3. The molecule has 0 aliphatic rings. The van der Waals surface area contributed by atoms with Crippen LogP contribution in [0.3, 0.4) is 0 Å². The second-order valence-corrected chi connectivity index (χ2v) is 5.36. The summed E-state index contributed by atoms with van der Waals surface area (Å²) < 4.78 is 0. The minimum Gasteiger partial charge on any atom is -0.349 e. The minimum atomic E-state index is -0.208. The van der Waals surface area contributed by atoms with Gasteiger partial charge in [-0.3, -0.25) is 4.79 Å². The molecule has 0 spiro atoms. The van der Waals surface area contributed by atoms with Crippen LogP contribution in [-0.2, 0) is 0 Å². The summed E-state index contributed by atoms with van der Waals surface area (Å²) in [6.07, 6.45) is 0. The molecule has 0 aliphatic carbocycles. The van der Waals surface area contributed by atoms with Crippen molar-refractivity contribution in [1.82, 2.24) is 25.6 Å². The van der Waals surface area contributed by atoms with Crippen LogP contribution in [0.4, 0.5) is 0 Å². The second kappa shape index (κ2) is 6.49. The average Bonchev–Trinajstić information content (AvgIpc) is 2.86. The molecule has 0 fully saturated rings. The van der Waals surface area contributed by atoms with Crippen LogP contribution in [0, 0.1) is 13.8 Å². The van der Waals surface area contributed by atoms with E-state index in [9.17, 15) is 4.79 Å². The maximum atomic E-state index is 12.1. The molecule has 1 aromatic heterocycles. The van der Waals surface area contributed by atoms with E-state index in [1.165, 1.54) is 11.1 Å². The zero-order valence-electron chi connectivity index (χ0n) is 12.8. The van der Waals surface area contributed by atoms with Gasteiger partial charge in [0.2, 0.25) is 0 Å². The first-order valence-corrected chi connectivity index (χ1v) is 6.87. The first-order valence-electron chi connectivity index (χ1n) is 6.87. The van der Waals surface area contributed by atoms with Crippen LogP contribution >= 0.6 is 0 Å². The van der Waals surface area contributed by atoms with Crippen molar-refractivity contribution in [3.8, 4) is 0 Å². The highest BCUT2D eigenvalue weighted by molar-refractivity contribution is 5.93. The quantitative estimate of drug-likeness (QED) is 0.873. The van der Waals surface area contributed by atoms with Crippen molar-refractivity contribution >= 4 is 5.91 Å². The van der Waals surface area contributed by atoms with Crippen molar-refractivity contribution in [2.45, 2.75) is 19.9 Å². The Morgan fingerprint density at radius 3 is 2.43 bits per heavy atom. The molecule has 1 unspecified atom stereocenters. The highest BCUT2D eigenvalue weighted by atomic mass is 16.2. The first-order chi connectivity index (χ1) is 9.99. The Labute approximate surface area is 124 Å². The fourth-order valence-corrected chi connectivity index (χ4v) is 2.16. The van der Waals surface area contributed by atoms with Crippen LogP contribution < -0.4 is 5.32 Å². The largest absolute Gasteiger partial charge is 0.349 e. The van der Waals surface area contributed by atoms with Gasteiger partial charge in [0.05, 0.1) is 11.7 Å². The Kier molecular flexibility index (Phi) is 4.70. The number of rotatable bonds is 5. The molecule has 0 saturated carbocycles. The third-order valence-electron chi connectivity index (χ3n) is 3.48. The number of hydrogen-bond acceptors (Lipinski definition) is 4. The number of H-pyrrole nitrogens is 1. The molecule has 0 bridgehead atoms. The number of benzene rings is 1. The monoisotopic (exact) mass is 287 g/mol. The summed E-state index contributed by atoms with van der Waals surface area (Å²) in [6, 6.07) is 8.45. The van der Waals surface area contributed by atoms with Gasteiger partial charge in [-0.15, -0.1) is 0 Å². The van der Waals surface area contributed by atoms with E-state index in [1.807, 2.05) is 14.1 Å². The molecule has 21 heavy (non-hydrogen) atoms. The molecule has 6 heteroatoms. The smallest absolute Gasteiger partial charge is 0.273 e. The lowest BCUT2D eigenvalue weighted by Gasteiger charge is -2.25. The van der Waals surface area contributed by atoms with Gasteiger partial charge >= 0.3 is 0 Å². The molecular formula is C15H21N5O. The van der Waals surface area contributed by atoms with E-state index in [-0.39, 0.29) is 11.9 Å². The number of aromatic amines is 1. The molecule has 1 heterocycles. The van der Waals surface area contributed by atoms with Crippen LogP contribution in [0.1, 0.15) is 33.4 Å². The number of amides is 1. The molecule has 0 aliphatic heterocycles. The Balaban J connectivity index is 2.06. The van der Waals surface area contributed by atoms with Crippen molar-refractivity contribution in [3.05, 3.63) is 46.8 Å². The number of aromatic nitrogens is 3. The van der Waals surface area contributed by atoms with Crippen molar-refractivity contribution < 1.29 is 4.79 Å². The topological polar surface area (TPSA) is 73.9 Å². The van der Waals surface area contributed by atoms with Gasteiger partial charge < -0.3 is 10.2 Å². The molecular weight excluding hydrogens is 266 g/mol. The van der Waals surface area contributed by atoms with Crippen LogP contribution in [0.5, 0.6) is 0 Å². The lowest BCUT2D eigenvalue weighted by atomic mass is 10.0. The molecule has 2 rings (SSSR count). The van der Waals surface area contributed by atoms with E-state index in [2.05, 4.69) is 56.8 Å². The van der Waals surface area contributed by atoms with Gasteiger partial charge in [0, 0.05) is 6.54 Å². The summed E-state index contributed by atoms with van der Waals surface area (Å²) in [5, 5.41) is 13.1. The Bertz CT molecular complexity index is 603. The summed E-state index contributed by atoms with van der Waals surface area (Å²) in [4.78, 5) is 14.2. The third-order valence-corrected chi connectivity index (χ3v) is 3.48. The molecule has 1 aromatic carbocycles. The summed E-state index contributed by atoms with van der Waals surface area (Å²) in [6.45, 7) is 4.33. The maximum absolute atomic E-state index is 12.1. The highest BCUT2D eigenvalue weighted by Gasteiger charge is 2.18. The number of carbonyl (C=O) groups excluding carboxylic acids is 1. The third kappa shape index (κ3) is 3.66. The average molecular weight is 287 g/mol. The number of likely N-dealkylation sites (N-methyl/N-ethyl adjacent to an activating group) is 1. The number of aryl methyl sites for hydroxylation is 2. The van der Waals surface area contributed by atoms with Crippen LogP contribution in [0.15, 0.2) is 24.3 Å². The van der Waals surface area contributed by atoms with Gasteiger partial charge in [-0.2, -0.15) is 15.4 Å². The van der Waals surface area contributed by atoms with E-state index in [0.717, 1.165) is 0 Å². The summed E-state index contributed by atoms with van der Waals surface area (Å²) in [5.41, 5.74) is 3.34. The fourth-order valence-electron chi connectivity index (χ4n) is 2.16. The molecule has 1 amide bonds. The number of nitrogens with one attached hydrogen (secondary N) is 2. The van der Waals surface area contributed by atoms with E-state index >= 15 is 0 Å². The highest BCUT2D eigenvalue weighted by Crippen LogP contribution is 2.18. The standard InChI is InChI=1S/C15H21N5O/c1-10-5-7-12(8-6-10)13(20(3)4)9-16-15(21)14-11(2)17-19-18-14/h5-8,13H,9H2,1-4H3,(H,16,21)(H,17,18,19). The second-order valence-electron chi connectivity index (χ2n) is 5.36. The van der Waals surface area contributed by atoms with Gasteiger partial charge in [0.15, 0.2) is 5.69 Å². The molecule has 0 radical (unpaired) electrons. The zero-order chi connectivity index (χ0) is 15.4. The van der Waals surface area contributed by atoms with E-state index in [0.29, 0.717) is 17.9 Å². The zero-order valence-corrected chi connectivity index (χ0v) is 12.8. The van der Waals surface area contributed by atoms with Gasteiger partial charge in [-0.1, -0.05) is 29.8 Å². The lowest BCUT2D eigenvalue weighted by molar-refractivity contribution is 0.0936. The van der Waals surface area contributed by atoms with Gasteiger partial charge in [-0.25, -0.2) is 0 Å². The normalized spacial score (nSPS) is 12.4. The molecule has 6 nitrogen and oxygen atoms in total. The predicted molar refractivity (Wildman–Crippen MR) is 81.1 cm³/mol. The van der Waals surface area contributed by atoms with Gasteiger partial charge in [0.25, 0.3) is 5.91 Å². The SMILES string of the molecule is Cc1ccc(C(CNC(=O)c2n[nH]nc2C)N(C)C)cc1.